The second kappa shape index (κ2) is 4.73. The fourth-order valence-corrected chi connectivity index (χ4v) is 4.59. The molecule has 4 rings (SSSR count). The van der Waals surface area contributed by atoms with Gasteiger partial charge in [0.1, 0.15) is 5.78 Å². The third-order valence-electron chi connectivity index (χ3n) is 5.80. The Morgan fingerprint density at radius 1 is 1.37 bits per heavy atom. The van der Waals surface area contributed by atoms with Gasteiger partial charge in [-0.25, -0.2) is 0 Å². The van der Waals surface area contributed by atoms with E-state index in [-0.39, 0.29) is 0 Å². The van der Waals surface area contributed by atoms with E-state index in [0.29, 0.717) is 35.4 Å². The number of aryl methyl sites for hydroxylation is 1. The van der Waals surface area contributed by atoms with Crippen LogP contribution in [0.1, 0.15) is 38.7 Å². The number of rotatable bonds is 5. The number of halogens is 1. The van der Waals surface area contributed by atoms with Crippen molar-refractivity contribution in [2.75, 3.05) is 0 Å². The van der Waals surface area contributed by atoms with Crippen molar-refractivity contribution in [3.05, 3.63) is 34.3 Å². The molecule has 0 radical (unpaired) electrons. The van der Waals surface area contributed by atoms with Crippen molar-refractivity contribution in [3.8, 4) is 0 Å². The first kappa shape index (κ1) is 13.4. The fraction of sp³-hybridized carbons (Fsp3) is 0.588. The zero-order chi connectivity index (χ0) is 13.6. The number of carbonyl (C=O) groups is 1. The molecule has 1 aromatic rings. The Kier molecular flexibility index (Phi) is 3.33. The van der Waals surface area contributed by atoms with Crippen molar-refractivity contribution < 1.29 is 4.79 Å². The summed E-state index contributed by atoms with van der Waals surface area (Å²) in [7, 11) is 0. The molecular formula is C17H21BrO. The number of benzene rings is 1. The van der Waals surface area contributed by atoms with E-state index in [9.17, 15) is 4.79 Å². The zero-order valence-electron chi connectivity index (χ0n) is 11.7. The Morgan fingerprint density at radius 3 is 2.63 bits per heavy atom. The summed E-state index contributed by atoms with van der Waals surface area (Å²) >= 11 is 3.55. The summed E-state index contributed by atoms with van der Waals surface area (Å²) < 4.78 is 1.12. The molecule has 2 bridgehead atoms. The topological polar surface area (TPSA) is 17.1 Å². The van der Waals surface area contributed by atoms with Crippen molar-refractivity contribution in [2.24, 2.45) is 23.2 Å². The second-order valence-corrected chi connectivity index (χ2v) is 7.25. The first-order chi connectivity index (χ1) is 9.08. The summed E-state index contributed by atoms with van der Waals surface area (Å²) in [5.74, 6) is 2.28. The van der Waals surface area contributed by atoms with E-state index < -0.39 is 0 Å². The summed E-state index contributed by atoms with van der Waals surface area (Å²) in [5, 5.41) is 0. The van der Waals surface area contributed by atoms with Crippen molar-refractivity contribution in [2.45, 2.75) is 39.5 Å². The van der Waals surface area contributed by atoms with Crippen LogP contribution in [-0.2, 0) is 11.2 Å². The molecule has 3 fully saturated rings. The summed E-state index contributed by atoms with van der Waals surface area (Å²) in [6.07, 6.45) is 4.12. The van der Waals surface area contributed by atoms with Gasteiger partial charge in [0.2, 0.25) is 0 Å². The summed E-state index contributed by atoms with van der Waals surface area (Å²) in [6.45, 7) is 4.63. The fourth-order valence-electron chi connectivity index (χ4n) is 4.10. The molecule has 2 atom stereocenters. The van der Waals surface area contributed by atoms with Gasteiger partial charge in [0.05, 0.1) is 0 Å². The Bertz CT molecular complexity index is 498. The van der Waals surface area contributed by atoms with E-state index in [1.54, 1.807) is 0 Å². The molecular weight excluding hydrogens is 300 g/mol. The van der Waals surface area contributed by atoms with Crippen molar-refractivity contribution >= 4 is 21.7 Å². The highest BCUT2D eigenvalue weighted by atomic mass is 79.9. The predicted molar refractivity (Wildman–Crippen MR) is 81.0 cm³/mol. The van der Waals surface area contributed by atoms with Gasteiger partial charge < -0.3 is 0 Å². The molecule has 0 aromatic heterocycles. The van der Waals surface area contributed by atoms with Crippen LogP contribution in [-0.4, -0.2) is 5.78 Å². The van der Waals surface area contributed by atoms with E-state index in [1.807, 2.05) is 12.1 Å². The van der Waals surface area contributed by atoms with Gasteiger partial charge in [-0.15, -0.1) is 0 Å². The van der Waals surface area contributed by atoms with Crippen LogP contribution in [0, 0.1) is 23.2 Å². The van der Waals surface area contributed by atoms with Crippen LogP contribution in [0.3, 0.4) is 0 Å². The lowest BCUT2D eigenvalue weighted by molar-refractivity contribution is -0.232. The molecule has 0 spiro atoms. The molecule has 0 N–H and O–H groups in total. The van der Waals surface area contributed by atoms with Gasteiger partial charge in [-0.3, -0.25) is 4.79 Å². The van der Waals surface area contributed by atoms with Gasteiger partial charge >= 0.3 is 0 Å². The molecule has 0 saturated heterocycles. The van der Waals surface area contributed by atoms with Crippen LogP contribution in [0.25, 0.3) is 0 Å². The van der Waals surface area contributed by atoms with Gasteiger partial charge in [-0.1, -0.05) is 54.4 Å². The average molecular weight is 321 g/mol. The van der Waals surface area contributed by atoms with Crippen molar-refractivity contribution in [1.82, 2.24) is 0 Å². The van der Waals surface area contributed by atoms with E-state index in [0.717, 1.165) is 10.9 Å². The van der Waals surface area contributed by atoms with Crippen molar-refractivity contribution in [3.63, 3.8) is 0 Å². The van der Waals surface area contributed by atoms with E-state index in [4.69, 9.17) is 0 Å². The van der Waals surface area contributed by atoms with Gasteiger partial charge in [0, 0.05) is 16.8 Å². The first-order valence-corrected chi connectivity index (χ1v) is 8.13. The lowest BCUT2D eigenvalue weighted by Gasteiger charge is -2.71. The van der Waals surface area contributed by atoms with Gasteiger partial charge in [0.15, 0.2) is 0 Å². The van der Waals surface area contributed by atoms with E-state index in [1.165, 1.54) is 18.4 Å². The third kappa shape index (κ3) is 1.91. The number of hydrogen-bond acceptors (Lipinski definition) is 1. The molecule has 1 nitrogen and oxygen atoms in total. The molecule has 102 valence electrons. The van der Waals surface area contributed by atoms with Crippen LogP contribution in [0.5, 0.6) is 0 Å². The van der Waals surface area contributed by atoms with Crippen LogP contribution in [0.4, 0.5) is 0 Å². The zero-order valence-corrected chi connectivity index (χ0v) is 13.2. The maximum Gasteiger partial charge on any atom is 0.136 e. The lowest BCUT2D eigenvalue weighted by atomic mass is 9.32. The number of Topliss-reactive ketones (excluding diaryl/α,β-unsaturated/α-hetero) is 1. The Hall–Kier alpha value is -0.630. The Morgan fingerprint density at radius 2 is 2.05 bits per heavy atom. The summed E-state index contributed by atoms with van der Waals surface area (Å²) in [5.41, 5.74) is 1.75. The molecule has 3 aliphatic carbocycles. The van der Waals surface area contributed by atoms with Gasteiger partial charge in [0.25, 0.3) is 0 Å². The highest BCUT2D eigenvalue weighted by molar-refractivity contribution is 9.10. The molecule has 0 heterocycles. The quantitative estimate of drug-likeness (QED) is 0.772. The highest BCUT2D eigenvalue weighted by Gasteiger charge is 2.69. The molecule has 2 heteroatoms. The second-order valence-electron chi connectivity index (χ2n) is 6.39. The lowest BCUT2D eigenvalue weighted by Crippen LogP contribution is -2.68. The van der Waals surface area contributed by atoms with Crippen LogP contribution < -0.4 is 0 Å². The van der Waals surface area contributed by atoms with Gasteiger partial charge in [-0.2, -0.15) is 0 Å². The van der Waals surface area contributed by atoms with Crippen LogP contribution in [0.15, 0.2) is 28.7 Å². The molecule has 3 saturated carbocycles. The van der Waals surface area contributed by atoms with Crippen LogP contribution in [0.2, 0.25) is 0 Å². The average Bonchev–Trinajstić information content (AvgIpc) is 2.34. The standard InChI is InChI=1S/C17H21BrO/c1-3-17(2)12-10-13(17)16(12)15(19)9-8-11-6-4-5-7-14(11)18/h4-7,12-13,16H,3,8-10H2,1-2H3. The Labute approximate surface area is 123 Å². The predicted octanol–water partition coefficient (Wildman–Crippen LogP) is 4.63. The SMILES string of the molecule is CCC1(C)C2CC1C2C(=O)CCc1ccccc1Br. The molecule has 0 amide bonds. The number of carbonyl (C=O) groups excluding carboxylic acids is 1. The maximum absolute atomic E-state index is 12.3. The molecule has 2 unspecified atom stereocenters. The smallest absolute Gasteiger partial charge is 0.136 e. The molecule has 3 aliphatic rings. The summed E-state index contributed by atoms with van der Waals surface area (Å²) in [4.78, 5) is 12.3. The minimum atomic E-state index is 0.396. The highest BCUT2D eigenvalue weighted by Crippen LogP contribution is 2.72. The van der Waals surface area contributed by atoms with E-state index in [2.05, 4.69) is 41.9 Å². The largest absolute Gasteiger partial charge is 0.299 e. The molecule has 19 heavy (non-hydrogen) atoms. The minimum Gasteiger partial charge on any atom is -0.299 e. The Balaban J connectivity index is 1.56. The normalized spacial score (nSPS) is 35.4. The maximum atomic E-state index is 12.3. The van der Waals surface area contributed by atoms with Crippen molar-refractivity contribution in [1.29, 1.82) is 0 Å². The third-order valence-corrected chi connectivity index (χ3v) is 6.57. The number of hydrogen-bond donors (Lipinski definition) is 0. The monoisotopic (exact) mass is 320 g/mol. The van der Waals surface area contributed by atoms with Crippen LogP contribution >= 0.6 is 15.9 Å². The molecule has 0 aliphatic heterocycles. The number of ketones is 1. The summed E-state index contributed by atoms with van der Waals surface area (Å²) in [6, 6.07) is 8.21. The molecule has 1 aromatic carbocycles. The van der Waals surface area contributed by atoms with Gasteiger partial charge in [-0.05, 0) is 41.7 Å². The first-order valence-electron chi connectivity index (χ1n) is 7.34. The van der Waals surface area contributed by atoms with E-state index >= 15 is 0 Å². The minimum absolute atomic E-state index is 0.396.